The summed E-state index contributed by atoms with van der Waals surface area (Å²) in [6.07, 6.45) is -2.23. The van der Waals surface area contributed by atoms with Crippen molar-refractivity contribution in [1.29, 1.82) is 0 Å². The highest BCUT2D eigenvalue weighted by Gasteiger charge is 2.27. The van der Waals surface area contributed by atoms with E-state index in [4.69, 9.17) is 4.74 Å². The smallest absolute Gasteiger partial charge is 0.407 e. The summed E-state index contributed by atoms with van der Waals surface area (Å²) >= 11 is 0. The standard InChI is InChI=1S/C14H21N3O6/c1-14(2,3)23-13(20)16-8-6-10(18)12(19)11-9(17(21)22)5-4-7-15-11/h4-5,7,10,12,18-19H,6,8H2,1-3H3,(H,16,20). The van der Waals surface area contributed by atoms with Gasteiger partial charge in [0, 0.05) is 18.8 Å². The molecule has 0 saturated heterocycles. The van der Waals surface area contributed by atoms with Crippen LogP contribution in [0.1, 0.15) is 39.0 Å². The van der Waals surface area contributed by atoms with E-state index >= 15 is 0 Å². The number of pyridine rings is 1. The fraction of sp³-hybridized carbons (Fsp3) is 0.571. The Morgan fingerprint density at radius 1 is 1.48 bits per heavy atom. The Bertz CT molecular complexity index is 558. The number of nitrogens with zero attached hydrogens (tertiary/aromatic N) is 2. The third-order valence-electron chi connectivity index (χ3n) is 2.77. The number of amides is 1. The molecule has 0 aliphatic carbocycles. The van der Waals surface area contributed by atoms with Crippen molar-refractivity contribution >= 4 is 11.8 Å². The SMILES string of the molecule is CC(C)(C)OC(=O)NCCC(O)C(O)c1ncccc1[N+](=O)[O-]. The van der Waals surface area contributed by atoms with Crippen LogP contribution in [0.5, 0.6) is 0 Å². The number of aliphatic hydroxyl groups is 2. The lowest BCUT2D eigenvalue weighted by molar-refractivity contribution is -0.386. The number of aromatic nitrogens is 1. The molecule has 2 unspecified atom stereocenters. The van der Waals surface area contributed by atoms with E-state index in [0.29, 0.717) is 0 Å². The lowest BCUT2D eigenvalue weighted by Gasteiger charge is -2.21. The van der Waals surface area contributed by atoms with Gasteiger partial charge in [0.25, 0.3) is 5.69 Å². The zero-order valence-corrected chi connectivity index (χ0v) is 13.2. The first-order chi connectivity index (χ1) is 10.6. The van der Waals surface area contributed by atoms with Crippen molar-refractivity contribution in [2.24, 2.45) is 0 Å². The highest BCUT2D eigenvalue weighted by atomic mass is 16.6. The zero-order valence-electron chi connectivity index (χ0n) is 13.2. The zero-order chi connectivity index (χ0) is 17.6. The molecule has 0 aromatic carbocycles. The first-order valence-corrected chi connectivity index (χ1v) is 7.04. The van der Waals surface area contributed by atoms with Crippen molar-refractivity contribution in [2.75, 3.05) is 6.54 Å². The Balaban J connectivity index is 2.57. The predicted molar refractivity (Wildman–Crippen MR) is 80.7 cm³/mol. The van der Waals surface area contributed by atoms with Gasteiger partial charge in [-0.25, -0.2) is 4.79 Å². The van der Waals surface area contributed by atoms with E-state index in [1.807, 2.05) is 0 Å². The third-order valence-corrected chi connectivity index (χ3v) is 2.77. The number of ether oxygens (including phenoxy) is 1. The van der Waals surface area contributed by atoms with Crippen LogP contribution in [0.25, 0.3) is 0 Å². The molecule has 0 aliphatic rings. The van der Waals surface area contributed by atoms with Crippen molar-refractivity contribution < 1.29 is 24.7 Å². The number of carbonyl (C=O) groups excluding carboxylic acids is 1. The molecule has 128 valence electrons. The Morgan fingerprint density at radius 2 is 2.13 bits per heavy atom. The third kappa shape index (κ3) is 6.17. The molecule has 1 amide bonds. The Labute approximate surface area is 133 Å². The van der Waals surface area contributed by atoms with Crippen molar-refractivity contribution in [3.05, 3.63) is 34.1 Å². The summed E-state index contributed by atoms with van der Waals surface area (Å²) in [5.41, 5.74) is -1.24. The van der Waals surface area contributed by atoms with Gasteiger partial charge in [-0.1, -0.05) is 0 Å². The van der Waals surface area contributed by atoms with Gasteiger partial charge in [-0.2, -0.15) is 0 Å². The number of nitro groups is 1. The molecule has 0 fully saturated rings. The van der Waals surface area contributed by atoms with Crippen LogP contribution >= 0.6 is 0 Å². The minimum atomic E-state index is -1.53. The Morgan fingerprint density at radius 3 is 2.70 bits per heavy atom. The fourth-order valence-corrected chi connectivity index (χ4v) is 1.77. The quantitative estimate of drug-likeness (QED) is 0.529. The number of alkyl carbamates (subject to hydrolysis) is 1. The second-order valence-electron chi connectivity index (χ2n) is 5.89. The summed E-state index contributed by atoms with van der Waals surface area (Å²) in [5, 5.41) is 33.2. The van der Waals surface area contributed by atoms with Crippen LogP contribution < -0.4 is 5.32 Å². The highest BCUT2D eigenvalue weighted by Crippen LogP contribution is 2.25. The van der Waals surface area contributed by atoms with E-state index in [2.05, 4.69) is 10.3 Å². The van der Waals surface area contributed by atoms with Crippen molar-refractivity contribution in [3.63, 3.8) is 0 Å². The molecule has 1 aromatic heterocycles. The molecular weight excluding hydrogens is 306 g/mol. The van der Waals surface area contributed by atoms with E-state index in [9.17, 15) is 25.1 Å². The lowest BCUT2D eigenvalue weighted by Crippen LogP contribution is -2.34. The molecule has 1 heterocycles. The minimum absolute atomic E-state index is 0.0197. The van der Waals surface area contributed by atoms with Gasteiger partial charge in [-0.05, 0) is 33.3 Å². The summed E-state index contributed by atoms with van der Waals surface area (Å²) in [6, 6.07) is 2.56. The molecule has 9 nitrogen and oxygen atoms in total. The minimum Gasteiger partial charge on any atom is -0.444 e. The molecule has 0 saturated carbocycles. The molecule has 2 atom stereocenters. The van der Waals surface area contributed by atoms with Crippen LogP contribution in [0.2, 0.25) is 0 Å². The van der Waals surface area contributed by atoms with Crippen molar-refractivity contribution in [1.82, 2.24) is 10.3 Å². The van der Waals surface area contributed by atoms with Crippen molar-refractivity contribution in [2.45, 2.75) is 45.0 Å². The van der Waals surface area contributed by atoms with Gasteiger partial charge in [-0.3, -0.25) is 15.1 Å². The van der Waals surface area contributed by atoms with Gasteiger partial charge in [0.1, 0.15) is 17.4 Å². The highest BCUT2D eigenvalue weighted by molar-refractivity contribution is 5.67. The molecule has 0 bridgehead atoms. The number of rotatable bonds is 6. The van der Waals surface area contributed by atoms with Gasteiger partial charge in [0.2, 0.25) is 0 Å². The number of carbonyl (C=O) groups is 1. The normalized spacial score (nSPS) is 14.0. The summed E-state index contributed by atoms with van der Waals surface area (Å²) in [6.45, 7) is 5.18. The number of aliphatic hydroxyl groups excluding tert-OH is 2. The predicted octanol–water partition coefficient (Wildman–Crippen LogP) is 1.30. The number of nitrogens with one attached hydrogen (secondary N) is 1. The maximum absolute atomic E-state index is 11.4. The van der Waals surface area contributed by atoms with E-state index in [1.165, 1.54) is 18.3 Å². The van der Waals surface area contributed by atoms with E-state index in [1.54, 1.807) is 20.8 Å². The van der Waals surface area contributed by atoms with Gasteiger partial charge in [0.15, 0.2) is 0 Å². The summed E-state index contributed by atoms with van der Waals surface area (Å²) in [5.74, 6) is 0. The second kappa shape index (κ2) is 7.84. The Hall–Kier alpha value is -2.26. The maximum Gasteiger partial charge on any atom is 0.407 e. The topological polar surface area (TPSA) is 135 Å². The van der Waals surface area contributed by atoms with Crippen LogP contribution in [0.15, 0.2) is 18.3 Å². The maximum atomic E-state index is 11.4. The van der Waals surface area contributed by atoms with E-state index in [-0.39, 0.29) is 24.3 Å². The van der Waals surface area contributed by atoms with Crippen LogP contribution in [-0.4, -0.2) is 44.5 Å². The first kappa shape index (κ1) is 18.8. The number of hydrogen-bond acceptors (Lipinski definition) is 7. The molecule has 23 heavy (non-hydrogen) atoms. The number of hydrogen-bond donors (Lipinski definition) is 3. The largest absolute Gasteiger partial charge is 0.444 e. The molecule has 3 N–H and O–H groups in total. The summed E-state index contributed by atoms with van der Waals surface area (Å²) < 4.78 is 5.02. The second-order valence-corrected chi connectivity index (χ2v) is 5.89. The van der Waals surface area contributed by atoms with Gasteiger partial charge >= 0.3 is 6.09 Å². The van der Waals surface area contributed by atoms with E-state index in [0.717, 1.165) is 0 Å². The summed E-state index contributed by atoms with van der Waals surface area (Å²) in [4.78, 5) is 25.4. The van der Waals surface area contributed by atoms with Crippen LogP contribution in [0.4, 0.5) is 10.5 Å². The molecule has 1 rings (SSSR count). The Kier molecular flexibility index (Phi) is 6.40. The lowest BCUT2D eigenvalue weighted by atomic mass is 10.1. The van der Waals surface area contributed by atoms with Gasteiger partial charge in [-0.15, -0.1) is 0 Å². The monoisotopic (exact) mass is 327 g/mol. The van der Waals surface area contributed by atoms with Gasteiger partial charge < -0.3 is 20.3 Å². The molecule has 0 aliphatic heterocycles. The van der Waals surface area contributed by atoms with Gasteiger partial charge in [0.05, 0.1) is 11.0 Å². The summed E-state index contributed by atoms with van der Waals surface area (Å²) in [7, 11) is 0. The molecule has 1 aromatic rings. The first-order valence-electron chi connectivity index (χ1n) is 7.04. The molecule has 0 radical (unpaired) electrons. The molecular formula is C14H21N3O6. The average molecular weight is 327 g/mol. The molecule has 9 heteroatoms. The van der Waals surface area contributed by atoms with Crippen LogP contribution in [-0.2, 0) is 4.74 Å². The van der Waals surface area contributed by atoms with Crippen LogP contribution in [0, 0.1) is 10.1 Å². The molecule has 0 spiro atoms. The fourth-order valence-electron chi connectivity index (χ4n) is 1.77. The van der Waals surface area contributed by atoms with Crippen molar-refractivity contribution in [3.8, 4) is 0 Å². The average Bonchev–Trinajstić information content (AvgIpc) is 2.44. The van der Waals surface area contributed by atoms with E-state index < -0.39 is 28.8 Å². The van der Waals surface area contributed by atoms with Crippen LogP contribution in [0.3, 0.4) is 0 Å².